The van der Waals surface area contributed by atoms with Gasteiger partial charge in [-0.2, -0.15) is 4.31 Å². The van der Waals surface area contributed by atoms with Gasteiger partial charge in [0.05, 0.1) is 26.7 Å². The third-order valence-corrected chi connectivity index (χ3v) is 6.40. The van der Waals surface area contributed by atoms with Gasteiger partial charge in [-0.05, 0) is 42.3 Å². The molecule has 0 aliphatic heterocycles. The summed E-state index contributed by atoms with van der Waals surface area (Å²) in [6.45, 7) is 2.23. The average Bonchev–Trinajstić information content (AvgIpc) is 3.23. The van der Waals surface area contributed by atoms with Gasteiger partial charge in [0.2, 0.25) is 0 Å². The first-order valence-corrected chi connectivity index (χ1v) is 11.2. The lowest BCUT2D eigenvalue weighted by Gasteiger charge is -2.21. The van der Waals surface area contributed by atoms with Crippen molar-refractivity contribution >= 4 is 10.0 Å². The summed E-state index contributed by atoms with van der Waals surface area (Å²) in [5, 5.41) is 9.51. The predicted octanol–water partition coefficient (Wildman–Crippen LogP) is 2.67. The summed E-state index contributed by atoms with van der Waals surface area (Å²) in [5.41, 5.74) is 1.64. The lowest BCUT2D eigenvalue weighted by Crippen LogP contribution is -2.30. The minimum Gasteiger partial charge on any atom is -0.497 e. The normalized spacial score (nSPS) is 12.7. The highest BCUT2D eigenvalue weighted by molar-refractivity contribution is 7.89. The van der Waals surface area contributed by atoms with Crippen LogP contribution in [0, 0.1) is 0 Å². The topological polar surface area (TPSA) is 93.9 Å². The van der Waals surface area contributed by atoms with Crippen LogP contribution in [0.5, 0.6) is 11.5 Å². The van der Waals surface area contributed by atoms with E-state index in [1.807, 2.05) is 24.3 Å². The van der Waals surface area contributed by atoms with E-state index in [9.17, 15) is 13.5 Å². The van der Waals surface area contributed by atoms with Crippen molar-refractivity contribution in [2.45, 2.75) is 37.7 Å². The molecule has 8 nitrogen and oxygen atoms in total. The zero-order valence-corrected chi connectivity index (χ0v) is 18.6. The van der Waals surface area contributed by atoms with Crippen LogP contribution in [-0.2, 0) is 29.7 Å². The second-order valence-electron chi connectivity index (χ2n) is 7.23. The third-order valence-electron chi connectivity index (χ3n) is 4.72. The Labute approximate surface area is 182 Å². The number of rotatable bonds is 10. The maximum atomic E-state index is 13.4. The van der Waals surface area contributed by atoms with Crippen molar-refractivity contribution in [1.82, 2.24) is 13.9 Å². The Morgan fingerprint density at radius 3 is 1.87 bits per heavy atom. The fourth-order valence-corrected chi connectivity index (χ4v) is 4.46. The van der Waals surface area contributed by atoms with Gasteiger partial charge in [-0.25, -0.2) is 13.4 Å². The molecule has 9 heteroatoms. The predicted molar refractivity (Wildman–Crippen MR) is 116 cm³/mol. The molecule has 1 heterocycles. The molecule has 0 radical (unpaired) electrons. The average molecular weight is 446 g/mol. The van der Waals surface area contributed by atoms with Crippen molar-refractivity contribution in [2.75, 3.05) is 14.2 Å². The number of hydrogen-bond donors (Lipinski definition) is 1. The molecule has 0 fully saturated rings. The molecule has 1 atom stereocenters. The quantitative estimate of drug-likeness (QED) is 0.516. The number of imidazole rings is 1. The molecule has 1 unspecified atom stereocenters. The minimum absolute atomic E-state index is 0.0600. The van der Waals surface area contributed by atoms with Crippen LogP contribution in [0.25, 0.3) is 0 Å². The number of sulfonamides is 1. The molecular weight excluding hydrogens is 418 g/mol. The molecule has 0 saturated heterocycles. The molecule has 3 aromatic rings. The Balaban J connectivity index is 1.91. The van der Waals surface area contributed by atoms with Gasteiger partial charge in [-0.3, -0.25) is 0 Å². The van der Waals surface area contributed by atoms with Crippen molar-refractivity contribution in [3.05, 3.63) is 72.2 Å². The van der Waals surface area contributed by atoms with Gasteiger partial charge in [0.1, 0.15) is 11.5 Å². The van der Waals surface area contributed by atoms with E-state index >= 15 is 0 Å². The molecule has 0 bridgehead atoms. The Morgan fingerprint density at radius 2 is 1.45 bits per heavy atom. The Hall–Kier alpha value is -2.88. The Morgan fingerprint density at radius 1 is 0.968 bits per heavy atom. The standard InChI is InChI=1S/C22H27N3O5S/c1-17(26)12-24-15-22(23-16-24)31(27,28)25(13-18-4-8-20(29-2)9-5-18)14-19-6-10-21(30-3)11-7-19/h4-11,15-17,26H,12-14H2,1-3H3. The van der Waals surface area contributed by atoms with E-state index in [0.717, 1.165) is 11.1 Å². The molecule has 1 N–H and O–H groups in total. The molecule has 0 amide bonds. The van der Waals surface area contributed by atoms with Gasteiger partial charge in [-0.1, -0.05) is 24.3 Å². The molecule has 3 rings (SSSR count). The van der Waals surface area contributed by atoms with Crippen molar-refractivity contribution in [2.24, 2.45) is 0 Å². The van der Waals surface area contributed by atoms with E-state index < -0.39 is 16.1 Å². The molecule has 0 saturated carbocycles. The van der Waals surface area contributed by atoms with Crippen molar-refractivity contribution in [3.8, 4) is 11.5 Å². The van der Waals surface area contributed by atoms with E-state index in [1.165, 1.54) is 16.8 Å². The molecule has 2 aromatic carbocycles. The third kappa shape index (κ3) is 5.84. The minimum atomic E-state index is -3.89. The maximum absolute atomic E-state index is 13.4. The number of aliphatic hydroxyl groups excluding tert-OH is 1. The number of aliphatic hydroxyl groups is 1. The Kier molecular flexibility index (Phi) is 7.32. The smallest absolute Gasteiger partial charge is 0.262 e. The molecule has 166 valence electrons. The summed E-state index contributed by atoms with van der Waals surface area (Å²) < 4.78 is 40.2. The number of aromatic nitrogens is 2. The summed E-state index contributed by atoms with van der Waals surface area (Å²) in [5.74, 6) is 1.40. The van der Waals surface area contributed by atoms with Crippen LogP contribution < -0.4 is 9.47 Å². The highest BCUT2D eigenvalue weighted by atomic mass is 32.2. The highest BCUT2D eigenvalue weighted by Gasteiger charge is 2.27. The lowest BCUT2D eigenvalue weighted by atomic mass is 10.2. The molecule has 31 heavy (non-hydrogen) atoms. The van der Waals surface area contributed by atoms with E-state index in [0.29, 0.717) is 11.5 Å². The van der Waals surface area contributed by atoms with E-state index in [1.54, 1.807) is 50.0 Å². The van der Waals surface area contributed by atoms with Crippen LogP contribution >= 0.6 is 0 Å². The zero-order chi connectivity index (χ0) is 22.4. The monoisotopic (exact) mass is 445 g/mol. The molecule has 0 spiro atoms. The number of nitrogens with zero attached hydrogens (tertiary/aromatic N) is 3. The van der Waals surface area contributed by atoms with Crippen LogP contribution in [0.15, 0.2) is 66.1 Å². The largest absolute Gasteiger partial charge is 0.497 e. The van der Waals surface area contributed by atoms with Gasteiger partial charge in [0.15, 0.2) is 5.03 Å². The van der Waals surface area contributed by atoms with Crippen LogP contribution in [-0.4, -0.2) is 47.7 Å². The number of benzene rings is 2. The van der Waals surface area contributed by atoms with Gasteiger partial charge < -0.3 is 19.1 Å². The maximum Gasteiger partial charge on any atom is 0.262 e. The first-order chi connectivity index (χ1) is 14.8. The fraction of sp³-hybridized carbons (Fsp3) is 0.318. The SMILES string of the molecule is COc1ccc(CN(Cc2ccc(OC)cc2)S(=O)(=O)c2cn(CC(C)O)cn2)cc1. The molecule has 1 aromatic heterocycles. The fourth-order valence-electron chi connectivity index (χ4n) is 3.11. The second-order valence-corrected chi connectivity index (χ2v) is 9.11. The van der Waals surface area contributed by atoms with Crippen LogP contribution in [0.1, 0.15) is 18.1 Å². The highest BCUT2D eigenvalue weighted by Crippen LogP contribution is 2.22. The summed E-state index contributed by atoms with van der Waals surface area (Å²) >= 11 is 0. The first kappa shape index (κ1) is 22.8. The van der Waals surface area contributed by atoms with Gasteiger partial charge in [-0.15, -0.1) is 0 Å². The van der Waals surface area contributed by atoms with Crippen LogP contribution in [0.4, 0.5) is 0 Å². The molecule has 0 aliphatic rings. The molecule has 0 aliphatic carbocycles. The van der Waals surface area contributed by atoms with Gasteiger partial charge >= 0.3 is 0 Å². The summed E-state index contributed by atoms with van der Waals surface area (Å²) in [6.07, 6.45) is 2.25. The van der Waals surface area contributed by atoms with E-state index in [2.05, 4.69) is 4.98 Å². The van der Waals surface area contributed by atoms with Crippen LogP contribution in [0.2, 0.25) is 0 Å². The first-order valence-electron chi connectivity index (χ1n) is 9.77. The van der Waals surface area contributed by atoms with E-state index in [-0.39, 0.29) is 24.7 Å². The number of hydrogen-bond acceptors (Lipinski definition) is 6. The van der Waals surface area contributed by atoms with Gasteiger partial charge in [0.25, 0.3) is 10.0 Å². The van der Waals surface area contributed by atoms with Crippen molar-refractivity contribution in [1.29, 1.82) is 0 Å². The van der Waals surface area contributed by atoms with Crippen molar-refractivity contribution in [3.63, 3.8) is 0 Å². The van der Waals surface area contributed by atoms with Gasteiger partial charge in [0, 0.05) is 25.8 Å². The summed E-state index contributed by atoms with van der Waals surface area (Å²) in [6, 6.07) is 14.5. The van der Waals surface area contributed by atoms with Crippen LogP contribution in [0.3, 0.4) is 0 Å². The number of ether oxygens (including phenoxy) is 2. The van der Waals surface area contributed by atoms with Crippen molar-refractivity contribution < 1.29 is 23.0 Å². The zero-order valence-electron chi connectivity index (χ0n) is 17.8. The second kappa shape index (κ2) is 9.95. The Bertz CT molecular complexity index is 1030. The van der Waals surface area contributed by atoms with E-state index in [4.69, 9.17) is 9.47 Å². The summed E-state index contributed by atoms with van der Waals surface area (Å²) in [7, 11) is -0.722. The number of methoxy groups -OCH3 is 2. The molecular formula is C22H27N3O5S. The lowest BCUT2D eigenvalue weighted by molar-refractivity contribution is 0.173. The summed E-state index contributed by atoms with van der Waals surface area (Å²) in [4.78, 5) is 4.08.